The zero-order chi connectivity index (χ0) is 29.4. The van der Waals surface area contributed by atoms with Crippen LogP contribution in [0.2, 0.25) is 0 Å². The Labute approximate surface area is 247 Å². The highest BCUT2D eigenvalue weighted by Crippen LogP contribution is 2.40. The van der Waals surface area contributed by atoms with Gasteiger partial charge in [0.25, 0.3) is 0 Å². The van der Waals surface area contributed by atoms with Crippen LogP contribution in [0.3, 0.4) is 0 Å². The molecule has 1 aliphatic heterocycles. The first-order chi connectivity index (χ1) is 20.4. The summed E-state index contributed by atoms with van der Waals surface area (Å²) in [4.78, 5) is 12.4. The lowest BCUT2D eigenvalue weighted by Gasteiger charge is -2.23. The van der Waals surface area contributed by atoms with Gasteiger partial charge < -0.3 is 23.5 Å². The molecule has 6 rings (SSSR count). The molecular weight excluding hydrogens is 526 g/mol. The number of fused-ring (bicyclic) bond motifs is 3. The molecule has 0 bridgehead atoms. The number of ether oxygens (including phenoxy) is 2. The van der Waals surface area contributed by atoms with Gasteiger partial charge in [0.2, 0.25) is 0 Å². The van der Waals surface area contributed by atoms with Gasteiger partial charge in [-0.05, 0) is 64.8 Å². The molecule has 5 aromatic rings. The van der Waals surface area contributed by atoms with E-state index in [-0.39, 0.29) is 6.04 Å². The average molecular weight is 568 g/mol. The van der Waals surface area contributed by atoms with E-state index in [9.17, 15) is 0 Å². The van der Waals surface area contributed by atoms with Crippen molar-refractivity contribution < 1.29 is 14.0 Å². The summed E-state index contributed by atoms with van der Waals surface area (Å²) in [6.07, 6.45) is 4.17. The Morgan fingerprint density at radius 3 is 2.62 bits per heavy atom. The van der Waals surface area contributed by atoms with Crippen molar-refractivity contribution in [1.29, 1.82) is 0 Å². The number of nitrogens with zero attached hydrogens (tertiary/aromatic N) is 5. The van der Waals surface area contributed by atoms with Gasteiger partial charge in [-0.3, -0.25) is 4.98 Å². The van der Waals surface area contributed by atoms with E-state index >= 15 is 0 Å². The lowest BCUT2D eigenvalue weighted by atomic mass is 10.00. The van der Waals surface area contributed by atoms with Crippen molar-refractivity contribution in [2.75, 3.05) is 26.8 Å². The van der Waals surface area contributed by atoms with Crippen molar-refractivity contribution >= 4 is 21.9 Å². The number of likely N-dealkylation sites (tertiary alicyclic amines) is 1. The van der Waals surface area contributed by atoms with Crippen LogP contribution in [-0.4, -0.2) is 57.4 Å². The second-order valence-corrected chi connectivity index (χ2v) is 11.7. The number of hydrogen-bond donors (Lipinski definition) is 0. The Bertz CT molecular complexity index is 1670. The number of aryl methyl sites for hydroxylation is 2. The minimum absolute atomic E-state index is 0.0450. The molecule has 0 radical (unpaired) electrons. The van der Waals surface area contributed by atoms with E-state index in [1.165, 1.54) is 5.56 Å². The van der Waals surface area contributed by atoms with E-state index in [1.54, 1.807) is 7.11 Å². The molecule has 2 aromatic carbocycles. The Morgan fingerprint density at radius 1 is 1.10 bits per heavy atom. The number of benzene rings is 2. The predicted octanol–water partition coefficient (Wildman–Crippen LogP) is 7.11. The maximum Gasteiger partial charge on any atom is 0.141 e. The van der Waals surface area contributed by atoms with E-state index < -0.39 is 0 Å². The molecule has 1 aliphatic rings. The van der Waals surface area contributed by atoms with Crippen molar-refractivity contribution in [2.24, 2.45) is 5.92 Å². The third-order valence-corrected chi connectivity index (χ3v) is 8.94. The van der Waals surface area contributed by atoms with Gasteiger partial charge in [-0.15, -0.1) is 0 Å². The summed E-state index contributed by atoms with van der Waals surface area (Å²) >= 11 is 0. The van der Waals surface area contributed by atoms with E-state index in [0.717, 1.165) is 82.0 Å². The number of pyridine rings is 1. The number of hydrogen-bond acceptors (Lipinski definition) is 7. The van der Waals surface area contributed by atoms with Crippen LogP contribution in [0.4, 0.5) is 0 Å². The summed E-state index contributed by atoms with van der Waals surface area (Å²) in [6, 6.07) is 15.4. The van der Waals surface area contributed by atoms with Gasteiger partial charge in [0.1, 0.15) is 29.5 Å². The Balaban J connectivity index is 1.49. The molecule has 42 heavy (non-hydrogen) atoms. The summed E-state index contributed by atoms with van der Waals surface area (Å²) in [6.45, 7) is 14.0. The van der Waals surface area contributed by atoms with Crippen LogP contribution in [0, 0.1) is 19.8 Å². The summed E-state index contributed by atoms with van der Waals surface area (Å²) in [5.74, 6) is 2.94. The number of imidazole rings is 1. The quantitative estimate of drug-likeness (QED) is 0.178. The monoisotopic (exact) mass is 567 g/mol. The third kappa shape index (κ3) is 5.18. The minimum atomic E-state index is 0.0450. The molecule has 0 N–H and O–H groups in total. The molecule has 3 atom stereocenters. The van der Waals surface area contributed by atoms with Gasteiger partial charge in [-0.1, -0.05) is 42.4 Å². The van der Waals surface area contributed by atoms with Gasteiger partial charge in [0.05, 0.1) is 41.1 Å². The Morgan fingerprint density at radius 2 is 1.90 bits per heavy atom. The van der Waals surface area contributed by atoms with Crippen LogP contribution in [-0.2, 0) is 11.3 Å². The average Bonchev–Trinajstić information content (AvgIpc) is 3.72. The smallest absolute Gasteiger partial charge is 0.141 e. The van der Waals surface area contributed by atoms with Gasteiger partial charge >= 0.3 is 0 Å². The largest absolute Gasteiger partial charge is 0.493 e. The highest BCUT2D eigenvalue weighted by Gasteiger charge is 2.27. The zero-order valence-corrected chi connectivity index (χ0v) is 25.6. The second kappa shape index (κ2) is 11.9. The summed E-state index contributed by atoms with van der Waals surface area (Å²) in [5.41, 5.74) is 6.71. The first kappa shape index (κ1) is 28.4. The lowest BCUT2D eigenvalue weighted by Crippen LogP contribution is -2.31. The van der Waals surface area contributed by atoms with Crippen molar-refractivity contribution in [3.8, 4) is 16.9 Å². The normalized spacial score (nSPS) is 17.3. The molecule has 0 aliphatic carbocycles. The molecule has 1 fully saturated rings. The SMILES string of the molecule is CCC(C)N1CC[C@H](COc2cc3c(cc2-c2c(C)noc2C)ncc2nc(COC)n(C(C)c4ccccc4)c23)C1. The van der Waals surface area contributed by atoms with Crippen LogP contribution in [0.25, 0.3) is 33.1 Å². The fraction of sp³-hybridized carbons (Fsp3) is 0.441. The molecule has 0 saturated carbocycles. The Hall–Kier alpha value is -3.75. The van der Waals surface area contributed by atoms with Gasteiger partial charge in [0, 0.05) is 36.6 Å². The third-order valence-electron chi connectivity index (χ3n) is 8.94. The number of methoxy groups -OCH3 is 1. The highest BCUT2D eigenvalue weighted by atomic mass is 16.5. The van der Waals surface area contributed by atoms with Crippen molar-refractivity contribution in [2.45, 2.75) is 66.2 Å². The second-order valence-electron chi connectivity index (χ2n) is 11.7. The molecule has 4 heterocycles. The summed E-state index contributed by atoms with van der Waals surface area (Å²) in [7, 11) is 1.71. The molecular formula is C34H41N5O3. The van der Waals surface area contributed by atoms with Gasteiger partial charge in [0.15, 0.2) is 0 Å². The van der Waals surface area contributed by atoms with Crippen LogP contribution in [0.5, 0.6) is 5.75 Å². The minimum Gasteiger partial charge on any atom is -0.493 e. The lowest BCUT2D eigenvalue weighted by molar-refractivity contribution is 0.174. The first-order valence-corrected chi connectivity index (χ1v) is 15.1. The molecule has 8 heteroatoms. The Kier molecular flexibility index (Phi) is 8.01. The fourth-order valence-corrected chi connectivity index (χ4v) is 6.43. The molecule has 3 aromatic heterocycles. The number of rotatable bonds is 10. The van der Waals surface area contributed by atoms with Gasteiger partial charge in [-0.2, -0.15) is 0 Å². The van der Waals surface area contributed by atoms with E-state index in [2.05, 4.69) is 71.8 Å². The topological polar surface area (TPSA) is 78.4 Å². The van der Waals surface area contributed by atoms with Crippen molar-refractivity contribution in [1.82, 2.24) is 24.6 Å². The first-order valence-electron chi connectivity index (χ1n) is 15.1. The number of aromatic nitrogens is 4. The maximum absolute atomic E-state index is 6.73. The van der Waals surface area contributed by atoms with Crippen LogP contribution in [0.15, 0.2) is 53.2 Å². The summed E-state index contributed by atoms with van der Waals surface area (Å²) in [5, 5.41) is 5.25. The van der Waals surface area contributed by atoms with E-state index in [4.69, 9.17) is 24.0 Å². The van der Waals surface area contributed by atoms with Crippen LogP contribution >= 0.6 is 0 Å². The molecule has 220 valence electrons. The van der Waals surface area contributed by atoms with E-state index in [0.29, 0.717) is 25.2 Å². The molecule has 8 nitrogen and oxygen atoms in total. The molecule has 2 unspecified atom stereocenters. The van der Waals surface area contributed by atoms with Crippen LogP contribution in [0.1, 0.15) is 62.5 Å². The predicted molar refractivity (Wildman–Crippen MR) is 166 cm³/mol. The zero-order valence-electron chi connectivity index (χ0n) is 25.6. The fourth-order valence-electron chi connectivity index (χ4n) is 6.43. The molecule has 0 spiro atoms. The maximum atomic E-state index is 6.73. The molecule has 1 saturated heterocycles. The van der Waals surface area contributed by atoms with Crippen LogP contribution < -0.4 is 4.74 Å². The molecule has 0 amide bonds. The standard InChI is InChI=1S/C34H41N5O3/c1-7-21(2)38-14-13-25(18-38)19-41-31-16-27-29(15-28(31)33-22(3)37-42-24(33)5)35-17-30-34(27)39(32(36-30)20-40-6)23(4)26-11-9-8-10-12-26/h8-12,15-17,21,23,25H,7,13-14,18-20H2,1-6H3/t21?,23?,25-/m0/s1. The van der Waals surface area contributed by atoms with E-state index in [1.807, 2.05) is 26.1 Å². The van der Waals surface area contributed by atoms with Crippen molar-refractivity contribution in [3.63, 3.8) is 0 Å². The summed E-state index contributed by atoms with van der Waals surface area (Å²) < 4.78 is 20.2. The highest BCUT2D eigenvalue weighted by molar-refractivity contribution is 6.05. The van der Waals surface area contributed by atoms with Gasteiger partial charge in [-0.25, -0.2) is 4.98 Å². The van der Waals surface area contributed by atoms with Crippen molar-refractivity contribution in [3.05, 3.63) is 71.5 Å².